The van der Waals surface area contributed by atoms with E-state index >= 15 is 0 Å². The van der Waals surface area contributed by atoms with Crippen LogP contribution in [0.1, 0.15) is 37.8 Å². The average molecular weight is 238 g/mol. The summed E-state index contributed by atoms with van der Waals surface area (Å²) >= 11 is 6.06. The molecule has 16 heavy (non-hydrogen) atoms. The smallest absolute Gasteiger partial charge is 0.0379 e. The number of halogens is 1. The first-order valence-corrected chi connectivity index (χ1v) is 6.73. The molecule has 0 saturated carbocycles. The van der Waals surface area contributed by atoms with Gasteiger partial charge in [0.1, 0.15) is 0 Å². The molecule has 1 saturated heterocycles. The normalized spacial score (nSPS) is 24.2. The van der Waals surface area contributed by atoms with Crippen LogP contribution in [-0.4, -0.2) is 23.4 Å². The zero-order chi connectivity index (χ0) is 11.4. The fraction of sp³-hybridized carbons (Fsp3) is 0.571. The van der Waals surface area contributed by atoms with Crippen molar-refractivity contribution in [3.63, 3.8) is 0 Å². The van der Waals surface area contributed by atoms with E-state index in [4.69, 9.17) is 11.6 Å². The monoisotopic (exact) mass is 237 g/mol. The minimum absolute atomic E-state index is 0.491. The van der Waals surface area contributed by atoms with Crippen LogP contribution in [0, 0.1) is 0 Å². The summed E-state index contributed by atoms with van der Waals surface area (Å²) in [5, 5.41) is 0. The number of nitrogens with zero attached hydrogens (tertiary/aromatic N) is 1. The molecule has 0 N–H and O–H groups in total. The van der Waals surface area contributed by atoms with Gasteiger partial charge in [-0.1, -0.05) is 36.8 Å². The molecule has 1 unspecified atom stereocenters. The number of hydrogen-bond donors (Lipinski definition) is 0. The zero-order valence-corrected chi connectivity index (χ0v) is 10.7. The van der Waals surface area contributed by atoms with Gasteiger partial charge in [0.05, 0.1) is 0 Å². The predicted octanol–water partition coefficient (Wildman–Crippen LogP) is 3.84. The summed E-state index contributed by atoms with van der Waals surface area (Å²) < 4.78 is 0. The van der Waals surface area contributed by atoms with Gasteiger partial charge in [0.15, 0.2) is 0 Å². The van der Waals surface area contributed by atoms with Gasteiger partial charge in [-0.15, -0.1) is 11.6 Å². The number of alkyl halides is 1. The first-order valence-electron chi connectivity index (χ1n) is 6.19. The number of likely N-dealkylation sites (tertiary alicyclic amines) is 1. The van der Waals surface area contributed by atoms with Crippen molar-refractivity contribution in [3.05, 3.63) is 35.9 Å². The first-order chi connectivity index (χ1) is 7.83. The summed E-state index contributed by atoms with van der Waals surface area (Å²) in [7, 11) is 0. The van der Waals surface area contributed by atoms with Crippen LogP contribution in [0.2, 0.25) is 0 Å². The maximum atomic E-state index is 6.06. The third-order valence-electron chi connectivity index (χ3n) is 3.63. The van der Waals surface area contributed by atoms with Crippen LogP contribution in [0.25, 0.3) is 0 Å². The molecule has 0 aliphatic carbocycles. The van der Waals surface area contributed by atoms with Gasteiger partial charge < -0.3 is 0 Å². The minimum Gasteiger partial charge on any atom is -0.292 e. The fourth-order valence-electron chi connectivity index (χ4n) is 2.62. The van der Waals surface area contributed by atoms with Crippen LogP contribution in [0.4, 0.5) is 0 Å². The highest BCUT2D eigenvalue weighted by molar-refractivity contribution is 6.18. The molecule has 0 amide bonds. The van der Waals surface area contributed by atoms with Crippen LogP contribution < -0.4 is 0 Å². The van der Waals surface area contributed by atoms with Crippen molar-refractivity contribution < 1.29 is 0 Å². The summed E-state index contributed by atoms with van der Waals surface area (Å²) in [5.74, 6) is 0.761. The third-order valence-corrected chi connectivity index (χ3v) is 3.99. The standard InChI is InChI=1S/C14H20ClN/c1-12(13-7-3-2-4-8-13)16-10-6-5-9-14(16)11-15/h2-4,7-8,12,14H,5-6,9-11H2,1H3/t12?,14-/m1/s1. The largest absolute Gasteiger partial charge is 0.292 e. The topological polar surface area (TPSA) is 3.24 Å². The van der Waals surface area contributed by atoms with Crippen molar-refractivity contribution in [2.24, 2.45) is 0 Å². The zero-order valence-electron chi connectivity index (χ0n) is 9.90. The van der Waals surface area contributed by atoms with Crippen molar-refractivity contribution in [2.45, 2.75) is 38.3 Å². The Morgan fingerprint density at radius 3 is 2.75 bits per heavy atom. The quantitative estimate of drug-likeness (QED) is 0.722. The third kappa shape index (κ3) is 2.58. The molecular formula is C14H20ClN. The van der Waals surface area contributed by atoms with Gasteiger partial charge in [0.25, 0.3) is 0 Å². The average Bonchev–Trinajstić information content (AvgIpc) is 2.39. The number of hydrogen-bond acceptors (Lipinski definition) is 1. The first kappa shape index (κ1) is 11.9. The Kier molecular flexibility index (Phi) is 4.25. The lowest BCUT2D eigenvalue weighted by molar-refractivity contribution is 0.116. The summed E-state index contributed by atoms with van der Waals surface area (Å²) in [6.45, 7) is 3.48. The second-order valence-electron chi connectivity index (χ2n) is 4.63. The second kappa shape index (κ2) is 5.70. The Hall–Kier alpha value is -0.530. The summed E-state index contributed by atoms with van der Waals surface area (Å²) in [6, 6.07) is 11.8. The molecule has 0 radical (unpaired) electrons. The van der Waals surface area contributed by atoms with E-state index in [1.54, 1.807) is 0 Å². The molecule has 1 aliphatic rings. The molecule has 0 aromatic heterocycles. The number of piperidine rings is 1. The van der Waals surface area contributed by atoms with Crippen molar-refractivity contribution in [1.82, 2.24) is 4.90 Å². The van der Waals surface area contributed by atoms with Gasteiger partial charge in [0.2, 0.25) is 0 Å². The second-order valence-corrected chi connectivity index (χ2v) is 4.94. The number of rotatable bonds is 3. The van der Waals surface area contributed by atoms with Gasteiger partial charge in [0, 0.05) is 18.0 Å². The van der Waals surface area contributed by atoms with Crippen molar-refractivity contribution in [3.8, 4) is 0 Å². The summed E-state index contributed by atoms with van der Waals surface area (Å²) in [6.07, 6.45) is 3.89. The van der Waals surface area contributed by atoms with Crippen LogP contribution >= 0.6 is 11.6 Å². The van der Waals surface area contributed by atoms with Gasteiger partial charge in [-0.25, -0.2) is 0 Å². The molecule has 2 heteroatoms. The van der Waals surface area contributed by atoms with Gasteiger partial charge in [-0.05, 0) is 31.9 Å². The van der Waals surface area contributed by atoms with Crippen LogP contribution in [-0.2, 0) is 0 Å². The van der Waals surface area contributed by atoms with E-state index in [0.29, 0.717) is 12.1 Å². The van der Waals surface area contributed by atoms with Gasteiger partial charge in [-0.2, -0.15) is 0 Å². The van der Waals surface area contributed by atoms with Gasteiger partial charge in [-0.3, -0.25) is 4.90 Å². The van der Waals surface area contributed by atoms with Crippen LogP contribution in [0.5, 0.6) is 0 Å². The van der Waals surface area contributed by atoms with E-state index < -0.39 is 0 Å². The van der Waals surface area contributed by atoms with E-state index in [2.05, 4.69) is 42.2 Å². The van der Waals surface area contributed by atoms with Crippen LogP contribution in [0.15, 0.2) is 30.3 Å². The van der Waals surface area contributed by atoms with E-state index in [0.717, 1.165) is 5.88 Å². The van der Waals surface area contributed by atoms with E-state index in [1.165, 1.54) is 31.4 Å². The number of benzene rings is 1. The lowest BCUT2D eigenvalue weighted by atomic mass is 9.98. The molecule has 0 spiro atoms. The molecule has 1 heterocycles. The van der Waals surface area contributed by atoms with E-state index in [1.807, 2.05) is 0 Å². The molecular weight excluding hydrogens is 218 g/mol. The highest BCUT2D eigenvalue weighted by atomic mass is 35.5. The molecule has 2 rings (SSSR count). The molecule has 1 aromatic carbocycles. The maximum Gasteiger partial charge on any atom is 0.0379 e. The Morgan fingerprint density at radius 2 is 2.06 bits per heavy atom. The van der Waals surface area contributed by atoms with Gasteiger partial charge >= 0.3 is 0 Å². The molecule has 1 fully saturated rings. The summed E-state index contributed by atoms with van der Waals surface area (Å²) in [4.78, 5) is 2.56. The van der Waals surface area contributed by atoms with E-state index in [9.17, 15) is 0 Å². The highest BCUT2D eigenvalue weighted by Gasteiger charge is 2.26. The molecule has 88 valence electrons. The Bertz CT molecular complexity index is 312. The minimum atomic E-state index is 0.491. The lowest BCUT2D eigenvalue weighted by Crippen LogP contribution is -2.42. The lowest BCUT2D eigenvalue weighted by Gasteiger charge is -2.39. The highest BCUT2D eigenvalue weighted by Crippen LogP contribution is 2.28. The Morgan fingerprint density at radius 1 is 1.31 bits per heavy atom. The molecule has 0 bridgehead atoms. The Balaban J connectivity index is 2.10. The fourth-order valence-corrected chi connectivity index (χ4v) is 2.95. The Labute approximate surface area is 103 Å². The molecule has 1 aromatic rings. The van der Waals surface area contributed by atoms with Crippen LogP contribution in [0.3, 0.4) is 0 Å². The van der Waals surface area contributed by atoms with Crippen molar-refractivity contribution in [2.75, 3.05) is 12.4 Å². The van der Waals surface area contributed by atoms with E-state index in [-0.39, 0.29) is 0 Å². The summed E-state index contributed by atoms with van der Waals surface area (Å²) in [5.41, 5.74) is 1.40. The maximum absolute atomic E-state index is 6.06. The molecule has 1 aliphatic heterocycles. The van der Waals surface area contributed by atoms with Crippen molar-refractivity contribution >= 4 is 11.6 Å². The SMILES string of the molecule is CC(c1ccccc1)N1CCCC[C@@H]1CCl. The van der Waals surface area contributed by atoms with Crippen molar-refractivity contribution in [1.29, 1.82) is 0 Å². The molecule has 1 nitrogen and oxygen atoms in total. The molecule has 2 atom stereocenters. The predicted molar refractivity (Wildman–Crippen MR) is 69.9 cm³/mol.